The van der Waals surface area contributed by atoms with E-state index in [-0.39, 0.29) is 11.8 Å². The molecule has 5 nitrogen and oxygen atoms in total. The summed E-state index contributed by atoms with van der Waals surface area (Å²) in [4.78, 5) is 0. The third kappa shape index (κ3) is 14.1. The maximum absolute atomic E-state index is 11.1. The highest BCUT2D eigenvalue weighted by atomic mass is 32.2. The number of rotatable bonds is 12. The van der Waals surface area contributed by atoms with Gasteiger partial charge in [0.1, 0.15) is 9.84 Å². The van der Waals surface area contributed by atoms with Crippen LogP contribution in [0.1, 0.15) is 39.5 Å². The van der Waals surface area contributed by atoms with E-state index in [0.29, 0.717) is 19.8 Å². The van der Waals surface area contributed by atoms with Gasteiger partial charge in [-0.15, -0.1) is 0 Å². The van der Waals surface area contributed by atoms with E-state index in [1.165, 1.54) is 19.1 Å². The fourth-order valence-electron chi connectivity index (χ4n) is 1.76. The molecule has 116 valence electrons. The highest BCUT2D eigenvalue weighted by molar-refractivity contribution is 7.90. The first-order valence-corrected chi connectivity index (χ1v) is 9.08. The maximum atomic E-state index is 11.1. The normalized spacial score (nSPS) is 15.4. The van der Waals surface area contributed by atoms with Gasteiger partial charge < -0.3 is 15.2 Å². The minimum absolute atomic E-state index is 0.0809. The Morgan fingerprint density at radius 2 is 1.95 bits per heavy atom. The maximum Gasteiger partial charge on any atom is 0.148 e. The quantitative estimate of drug-likeness (QED) is 0.525. The number of aliphatic hydroxyl groups excluding tert-OH is 1. The van der Waals surface area contributed by atoms with Crippen LogP contribution in [0.25, 0.3) is 0 Å². The van der Waals surface area contributed by atoms with Crippen LogP contribution < -0.4 is 5.32 Å². The number of nitrogens with one attached hydrogen (secondary N) is 1. The molecule has 2 atom stereocenters. The number of sulfone groups is 1. The summed E-state index contributed by atoms with van der Waals surface area (Å²) in [7, 11) is -2.98. The Labute approximate surface area is 117 Å². The van der Waals surface area contributed by atoms with E-state index in [0.717, 1.165) is 12.8 Å². The average molecular weight is 295 g/mol. The van der Waals surface area contributed by atoms with Crippen LogP contribution in [0.5, 0.6) is 0 Å². The van der Waals surface area contributed by atoms with E-state index >= 15 is 0 Å². The second-order valence-electron chi connectivity index (χ2n) is 5.19. The summed E-state index contributed by atoms with van der Waals surface area (Å²) in [6.07, 6.45) is 5.23. The second-order valence-corrected chi connectivity index (χ2v) is 7.38. The Kier molecular flexibility index (Phi) is 10.5. The van der Waals surface area contributed by atoms with Crippen molar-refractivity contribution in [3.63, 3.8) is 0 Å². The molecular formula is C13H29NO4S. The molecule has 19 heavy (non-hydrogen) atoms. The molecule has 0 heterocycles. The molecule has 0 aromatic heterocycles. The zero-order valence-corrected chi connectivity index (χ0v) is 13.2. The summed E-state index contributed by atoms with van der Waals surface area (Å²) in [6.45, 7) is 5.28. The van der Waals surface area contributed by atoms with Crippen molar-refractivity contribution in [1.29, 1.82) is 0 Å². The number of aliphatic hydroxyl groups is 1. The molecule has 0 rings (SSSR count). The predicted molar refractivity (Wildman–Crippen MR) is 78.1 cm³/mol. The lowest BCUT2D eigenvalue weighted by atomic mass is 10.2. The van der Waals surface area contributed by atoms with Gasteiger partial charge in [-0.3, -0.25) is 0 Å². The molecule has 0 bridgehead atoms. The summed E-state index contributed by atoms with van der Waals surface area (Å²) >= 11 is 0. The molecule has 0 amide bonds. The number of ether oxygens (including phenoxy) is 1. The van der Waals surface area contributed by atoms with Crippen LogP contribution in [0.4, 0.5) is 0 Å². The Balaban J connectivity index is 3.51. The molecule has 0 fully saturated rings. The Bertz CT molecular complexity index is 306. The van der Waals surface area contributed by atoms with Crippen molar-refractivity contribution in [1.82, 2.24) is 5.32 Å². The summed E-state index contributed by atoms with van der Waals surface area (Å²) < 4.78 is 27.5. The molecule has 0 aromatic carbocycles. The molecule has 0 aliphatic heterocycles. The summed E-state index contributed by atoms with van der Waals surface area (Å²) in [6, 6.07) is -0.158. The summed E-state index contributed by atoms with van der Waals surface area (Å²) in [5.74, 6) is 0.0809. The molecule has 0 radical (unpaired) electrons. The first-order valence-electron chi connectivity index (χ1n) is 7.02. The van der Waals surface area contributed by atoms with Crippen LogP contribution in [0.2, 0.25) is 0 Å². The molecule has 0 aromatic rings. The molecule has 0 saturated heterocycles. The van der Waals surface area contributed by atoms with Crippen LogP contribution in [-0.2, 0) is 14.6 Å². The number of hydrogen-bond acceptors (Lipinski definition) is 5. The van der Waals surface area contributed by atoms with Gasteiger partial charge in [-0.2, -0.15) is 0 Å². The molecule has 0 saturated carbocycles. The number of hydrogen-bond donors (Lipinski definition) is 2. The van der Waals surface area contributed by atoms with Gasteiger partial charge in [-0.25, -0.2) is 8.42 Å². The average Bonchev–Trinajstić information content (AvgIpc) is 2.29. The third-order valence-electron chi connectivity index (χ3n) is 2.71. The fraction of sp³-hybridized carbons (Fsp3) is 1.00. The SMILES string of the molecule is CCCCCCOCC(O)CNC(C)CS(C)(=O)=O. The van der Waals surface area contributed by atoms with Gasteiger partial charge in [0.15, 0.2) is 0 Å². The van der Waals surface area contributed by atoms with Gasteiger partial charge in [0, 0.05) is 25.4 Å². The van der Waals surface area contributed by atoms with Crippen molar-refractivity contribution < 1.29 is 18.3 Å². The van der Waals surface area contributed by atoms with Crippen LogP contribution in [0.3, 0.4) is 0 Å². The van der Waals surface area contributed by atoms with Crippen molar-refractivity contribution in [2.75, 3.05) is 31.8 Å². The Morgan fingerprint density at radius 3 is 2.53 bits per heavy atom. The zero-order valence-electron chi connectivity index (χ0n) is 12.4. The molecule has 0 spiro atoms. The summed E-state index contributed by atoms with van der Waals surface area (Å²) in [5, 5.41) is 12.7. The second kappa shape index (κ2) is 10.6. The van der Waals surface area contributed by atoms with E-state index in [1.54, 1.807) is 6.92 Å². The van der Waals surface area contributed by atoms with Gasteiger partial charge in [-0.05, 0) is 13.3 Å². The van der Waals surface area contributed by atoms with Crippen LogP contribution in [0.15, 0.2) is 0 Å². The van der Waals surface area contributed by atoms with Gasteiger partial charge in [0.05, 0.1) is 18.5 Å². The lowest BCUT2D eigenvalue weighted by Crippen LogP contribution is -2.39. The minimum Gasteiger partial charge on any atom is -0.389 e. The topological polar surface area (TPSA) is 75.6 Å². The predicted octanol–water partition coefficient (Wildman–Crippen LogP) is 0.967. The lowest BCUT2D eigenvalue weighted by molar-refractivity contribution is 0.0346. The van der Waals surface area contributed by atoms with E-state index in [2.05, 4.69) is 12.2 Å². The summed E-state index contributed by atoms with van der Waals surface area (Å²) in [5.41, 5.74) is 0. The standard InChI is InChI=1S/C13H29NO4S/c1-4-5-6-7-8-18-10-13(15)9-14-12(2)11-19(3,16)17/h12-15H,4-11H2,1-3H3. The molecule has 2 unspecified atom stereocenters. The van der Waals surface area contributed by atoms with Crippen molar-refractivity contribution >= 4 is 9.84 Å². The smallest absolute Gasteiger partial charge is 0.148 e. The zero-order chi connectivity index (χ0) is 14.7. The third-order valence-corrected chi connectivity index (χ3v) is 3.81. The van der Waals surface area contributed by atoms with Crippen molar-refractivity contribution in [2.45, 2.75) is 51.7 Å². The van der Waals surface area contributed by atoms with Crippen molar-refractivity contribution in [3.8, 4) is 0 Å². The van der Waals surface area contributed by atoms with E-state index < -0.39 is 15.9 Å². The Hall–Kier alpha value is -0.170. The lowest BCUT2D eigenvalue weighted by Gasteiger charge is -2.16. The molecule has 0 aliphatic carbocycles. The monoisotopic (exact) mass is 295 g/mol. The Morgan fingerprint density at radius 1 is 1.26 bits per heavy atom. The van der Waals surface area contributed by atoms with E-state index in [9.17, 15) is 13.5 Å². The van der Waals surface area contributed by atoms with Crippen molar-refractivity contribution in [3.05, 3.63) is 0 Å². The largest absolute Gasteiger partial charge is 0.389 e. The fourth-order valence-corrected chi connectivity index (χ4v) is 2.79. The van der Waals surface area contributed by atoms with Gasteiger partial charge >= 0.3 is 0 Å². The van der Waals surface area contributed by atoms with Crippen LogP contribution >= 0.6 is 0 Å². The first kappa shape index (κ1) is 18.8. The van der Waals surface area contributed by atoms with Crippen LogP contribution in [-0.4, -0.2) is 57.4 Å². The van der Waals surface area contributed by atoms with Crippen LogP contribution in [0, 0.1) is 0 Å². The first-order chi connectivity index (χ1) is 8.85. The van der Waals surface area contributed by atoms with Gasteiger partial charge in [0.25, 0.3) is 0 Å². The van der Waals surface area contributed by atoms with E-state index in [4.69, 9.17) is 4.74 Å². The van der Waals surface area contributed by atoms with Gasteiger partial charge in [-0.1, -0.05) is 26.2 Å². The van der Waals surface area contributed by atoms with Gasteiger partial charge in [0.2, 0.25) is 0 Å². The highest BCUT2D eigenvalue weighted by Crippen LogP contribution is 1.99. The highest BCUT2D eigenvalue weighted by Gasteiger charge is 2.12. The minimum atomic E-state index is -2.98. The molecular weight excluding hydrogens is 266 g/mol. The van der Waals surface area contributed by atoms with E-state index in [1.807, 2.05) is 0 Å². The number of unbranched alkanes of at least 4 members (excludes halogenated alkanes) is 3. The van der Waals surface area contributed by atoms with Crippen molar-refractivity contribution in [2.24, 2.45) is 0 Å². The molecule has 6 heteroatoms. The molecule has 0 aliphatic rings. The molecule has 2 N–H and O–H groups in total.